The lowest BCUT2D eigenvalue weighted by molar-refractivity contribution is 0.407. The molecule has 1 aromatic rings. The first kappa shape index (κ1) is 12.0. The second-order valence-corrected chi connectivity index (χ2v) is 3.66. The number of ether oxygens (including phenoxy) is 1. The van der Waals surface area contributed by atoms with Gasteiger partial charge in [-0.25, -0.2) is 4.39 Å². The van der Waals surface area contributed by atoms with Crippen LogP contribution in [-0.2, 0) is 6.42 Å². The summed E-state index contributed by atoms with van der Waals surface area (Å²) in [7, 11) is 1.55. The van der Waals surface area contributed by atoms with Crippen molar-refractivity contribution < 1.29 is 9.13 Å². The number of halogens is 1. The lowest BCUT2D eigenvalue weighted by Gasteiger charge is -2.08. The maximum Gasteiger partial charge on any atom is 0.130 e. The minimum Gasteiger partial charge on any atom is -0.496 e. The zero-order chi connectivity index (χ0) is 11.3. The molecule has 0 saturated carbocycles. The summed E-state index contributed by atoms with van der Waals surface area (Å²) in [5.74, 6) is 0.421. The molecule has 84 valence electrons. The highest BCUT2D eigenvalue weighted by Gasteiger charge is 2.07. The van der Waals surface area contributed by atoms with Gasteiger partial charge < -0.3 is 10.5 Å². The number of benzene rings is 1. The SMILES string of the molecule is COc1cc(F)c(CCCCN)cc1C. The third kappa shape index (κ3) is 3.20. The van der Waals surface area contributed by atoms with Gasteiger partial charge in [-0.05, 0) is 49.9 Å². The Bertz CT molecular complexity index is 326. The average Bonchev–Trinajstić information content (AvgIpc) is 2.23. The first-order valence-electron chi connectivity index (χ1n) is 5.22. The molecule has 2 nitrogen and oxygen atoms in total. The van der Waals surface area contributed by atoms with Crippen LogP contribution in [-0.4, -0.2) is 13.7 Å². The van der Waals surface area contributed by atoms with Crippen LogP contribution in [0.5, 0.6) is 5.75 Å². The molecule has 1 aromatic carbocycles. The van der Waals surface area contributed by atoms with Crippen molar-refractivity contribution in [3.63, 3.8) is 0 Å². The highest BCUT2D eigenvalue weighted by atomic mass is 19.1. The summed E-state index contributed by atoms with van der Waals surface area (Å²) in [6, 6.07) is 3.30. The number of rotatable bonds is 5. The Hall–Kier alpha value is -1.09. The fourth-order valence-electron chi connectivity index (χ4n) is 1.59. The average molecular weight is 211 g/mol. The molecule has 0 aliphatic carbocycles. The van der Waals surface area contributed by atoms with Crippen LogP contribution >= 0.6 is 0 Å². The van der Waals surface area contributed by atoms with E-state index in [4.69, 9.17) is 10.5 Å². The van der Waals surface area contributed by atoms with Crippen molar-refractivity contribution in [1.29, 1.82) is 0 Å². The second kappa shape index (κ2) is 5.71. The smallest absolute Gasteiger partial charge is 0.130 e. The molecule has 0 bridgehead atoms. The monoisotopic (exact) mass is 211 g/mol. The second-order valence-electron chi connectivity index (χ2n) is 3.66. The third-order valence-electron chi connectivity index (χ3n) is 2.46. The van der Waals surface area contributed by atoms with Crippen LogP contribution in [0, 0.1) is 12.7 Å². The van der Waals surface area contributed by atoms with Crippen molar-refractivity contribution in [3.8, 4) is 5.75 Å². The van der Waals surface area contributed by atoms with Crippen LogP contribution in [0.1, 0.15) is 24.0 Å². The van der Waals surface area contributed by atoms with Crippen LogP contribution in [0.3, 0.4) is 0 Å². The molecule has 0 unspecified atom stereocenters. The molecule has 0 radical (unpaired) electrons. The van der Waals surface area contributed by atoms with E-state index in [1.54, 1.807) is 7.11 Å². The predicted octanol–water partition coefficient (Wildman–Crippen LogP) is 2.42. The summed E-state index contributed by atoms with van der Waals surface area (Å²) in [5.41, 5.74) is 7.12. The van der Waals surface area contributed by atoms with Crippen molar-refractivity contribution in [2.45, 2.75) is 26.2 Å². The minimum atomic E-state index is -0.186. The van der Waals surface area contributed by atoms with Gasteiger partial charge in [0.15, 0.2) is 0 Å². The minimum absolute atomic E-state index is 0.186. The van der Waals surface area contributed by atoms with Gasteiger partial charge in [-0.1, -0.05) is 0 Å². The number of hydrogen-bond acceptors (Lipinski definition) is 2. The standard InChI is InChI=1S/C12H18FNO/c1-9-7-10(5-3-4-6-14)11(13)8-12(9)15-2/h7-8H,3-6,14H2,1-2H3. The molecule has 15 heavy (non-hydrogen) atoms. The van der Waals surface area contributed by atoms with Crippen molar-refractivity contribution in [3.05, 3.63) is 29.1 Å². The van der Waals surface area contributed by atoms with Gasteiger partial charge in [0.05, 0.1) is 7.11 Å². The fraction of sp³-hybridized carbons (Fsp3) is 0.500. The molecule has 3 heteroatoms. The van der Waals surface area contributed by atoms with Gasteiger partial charge in [0.25, 0.3) is 0 Å². The molecule has 0 amide bonds. The van der Waals surface area contributed by atoms with E-state index in [0.29, 0.717) is 12.3 Å². The van der Waals surface area contributed by atoms with Crippen molar-refractivity contribution in [2.75, 3.05) is 13.7 Å². The third-order valence-corrected chi connectivity index (χ3v) is 2.46. The largest absolute Gasteiger partial charge is 0.496 e. The molecule has 0 saturated heterocycles. The predicted molar refractivity (Wildman–Crippen MR) is 59.7 cm³/mol. The van der Waals surface area contributed by atoms with Crippen molar-refractivity contribution in [2.24, 2.45) is 5.73 Å². The molecular formula is C12H18FNO. The summed E-state index contributed by atoms with van der Waals surface area (Å²) >= 11 is 0. The van der Waals surface area contributed by atoms with Crippen LogP contribution < -0.4 is 10.5 Å². The lowest BCUT2D eigenvalue weighted by atomic mass is 10.0. The Balaban J connectivity index is 2.76. The first-order valence-corrected chi connectivity index (χ1v) is 5.22. The van der Waals surface area contributed by atoms with E-state index in [1.807, 2.05) is 13.0 Å². The summed E-state index contributed by atoms with van der Waals surface area (Å²) in [4.78, 5) is 0. The summed E-state index contributed by atoms with van der Waals surface area (Å²) < 4.78 is 18.6. The van der Waals surface area contributed by atoms with Crippen molar-refractivity contribution >= 4 is 0 Å². The number of methoxy groups -OCH3 is 1. The molecule has 0 heterocycles. The van der Waals surface area contributed by atoms with Gasteiger partial charge in [-0.2, -0.15) is 0 Å². The zero-order valence-electron chi connectivity index (χ0n) is 9.35. The van der Waals surface area contributed by atoms with E-state index in [-0.39, 0.29) is 5.82 Å². The first-order chi connectivity index (χ1) is 7.19. The van der Waals surface area contributed by atoms with Gasteiger partial charge in [0.1, 0.15) is 11.6 Å². The van der Waals surface area contributed by atoms with E-state index >= 15 is 0 Å². The van der Waals surface area contributed by atoms with Gasteiger partial charge in [-0.15, -0.1) is 0 Å². The van der Waals surface area contributed by atoms with E-state index in [1.165, 1.54) is 6.07 Å². The van der Waals surface area contributed by atoms with Gasteiger partial charge in [0, 0.05) is 6.07 Å². The molecular weight excluding hydrogens is 193 g/mol. The molecule has 0 aliphatic heterocycles. The molecule has 0 spiro atoms. The number of hydrogen-bond donors (Lipinski definition) is 1. The Kier molecular flexibility index (Phi) is 4.56. The molecule has 1 rings (SSSR count). The molecule has 0 fully saturated rings. The van der Waals surface area contributed by atoms with Crippen LogP contribution in [0.4, 0.5) is 4.39 Å². The maximum absolute atomic E-state index is 13.5. The summed E-state index contributed by atoms with van der Waals surface area (Å²) in [5, 5.41) is 0. The van der Waals surface area contributed by atoms with Crippen LogP contribution in [0.2, 0.25) is 0 Å². The Morgan fingerprint density at radius 1 is 1.33 bits per heavy atom. The van der Waals surface area contributed by atoms with E-state index in [0.717, 1.165) is 30.4 Å². The van der Waals surface area contributed by atoms with E-state index < -0.39 is 0 Å². The number of aryl methyl sites for hydroxylation is 2. The van der Waals surface area contributed by atoms with Crippen LogP contribution in [0.25, 0.3) is 0 Å². The molecule has 2 N–H and O–H groups in total. The van der Waals surface area contributed by atoms with E-state index in [2.05, 4.69) is 0 Å². The van der Waals surface area contributed by atoms with Crippen LogP contribution in [0.15, 0.2) is 12.1 Å². The van der Waals surface area contributed by atoms with Gasteiger partial charge >= 0.3 is 0 Å². The lowest BCUT2D eigenvalue weighted by Crippen LogP contribution is -2.00. The highest BCUT2D eigenvalue weighted by molar-refractivity contribution is 5.37. The van der Waals surface area contributed by atoms with Gasteiger partial charge in [0.2, 0.25) is 0 Å². The van der Waals surface area contributed by atoms with Crippen molar-refractivity contribution in [1.82, 2.24) is 0 Å². The Labute approximate surface area is 90.2 Å². The quantitative estimate of drug-likeness (QED) is 0.759. The van der Waals surface area contributed by atoms with Gasteiger partial charge in [-0.3, -0.25) is 0 Å². The molecule has 0 aliphatic rings. The fourth-order valence-corrected chi connectivity index (χ4v) is 1.59. The zero-order valence-corrected chi connectivity index (χ0v) is 9.35. The number of unbranched alkanes of at least 4 members (excludes halogenated alkanes) is 1. The number of nitrogens with two attached hydrogens (primary N) is 1. The Morgan fingerprint density at radius 3 is 2.67 bits per heavy atom. The topological polar surface area (TPSA) is 35.2 Å². The van der Waals surface area contributed by atoms with E-state index in [9.17, 15) is 4.39 Å². The maximum atomic E-state index is 13.5. The Morgan fingerprint density at radius 2 is 2.07 bits per heavy atom. The molecule has 0 aromatic heterocycles. The molecule has 0 atom stereocenters. The normalized spacial score (nSPS) is 10.4. The summed E-state index contributed by atoms with van der Waals surface area (Å²) in [6.45, 7) is 2.58. The highest BCUT2D eigenvalue weighted by Crippen LogP contribution is 2.22. The summed E-state index contributed by atoms with van der Waals surface area (Å²) in [6.07, 6.45) is 2.61.